The average molecular weight is 222 g/mol. The number of nitrogens with zero attached hydrogens (tertiary/aromatic N) is 1. The monoisotopic (exact) mass is 222 g/mol. The topological polar surface area (TPSA) is 55.2 Å². The maximum Gasteiger partial charge on any atom is 0.273 e. The van der Waals surface area contributed by atoms with Crippen LogP contribution in [0.1, 0.15) is 37.8 Å². The standard InChI is InChI=1S/C12H18N2O2/c1-4-13-8-10-5-6-11(9(2)3)12(7-10)14(15)16/h5-7,9,13H,4,8H2,1-3H3. The van der Waals surface area contributed by atoms with Gasteiger partial charge in [0.2, 0.25) is 0 Å². The van der Waals surface area contributed by atoms with E-state index in [1.165, 1.54) is 0 Å². The molecule has 1 aromatic carbocycles. The molecule has 1 N–H and O–H groups in total. The van der Waals surface area contributed by atoms with Gasteiger partial charge in [0.25, 0.3) is 5.69 Å². The Balaban J connectivity index is 3.03. The van der Waals surface area contributed by atoms with Crippen LogP contribution in [0.4, 0.5) is 5.69 Å². The number of hydrogen-bond donors (Lipinski definition) is 1. The highest BCUT2D eigenvalue weighted by atomic mass is 16.6. The SMILES string of the molecule is CCNCc1ccc(C(C)C)c([N+](=O)[O-])c1. The van der Waals surface area contributed by atoms with Crippen molar-refractivity contribution in [1.29, 1.82) is 0 Å². The molecule has 0 saturated carbocycles. The van der Waals surface area contributed by atoms with Crippen molar-refractivity contribution >= 4 is 5.69 Å². The number of nitrogens with one attached hydrogen (secondary N) is 1. The highest BCUT2D eigenvalue weighted by Crippen LogP contribution is 2.27. The summed E-state index contributed by atoms with van der Waals surface area (Å²) < 4.78 is 0. The molecule has 1 rings (SSSR count). The zero-order chi connectivity index (χ0) is 12.1. The van der Waals surface area contributed by atoms with E-state index in [4.69, 9.17) is 0 Å². The molecule has 0 saturated heterocycles. The minimum atomic E-state index is -0.301. The van der Waals surface area contributed by atoms with Gasteiger partial charge in [0, 0.05) is 18.2 Å². The van der Waals surface area contributed by atoms with E-state index in [-0.39, 0.29) is 16.5 Å². The summed E-state index contributed by atoms with van der Waals surface area (Å²) in [5.41, 5.74) is 1.98. The molecule has 16 heavy (non-hydrogen) atoms. The maximum absolute atomic E-state index is 10.9. The molecule has 1 aromatic rings. The van der Waals surface area contributed by atoms with Crippen LogP contribution in [0.15, 0.2) is 18.2 Å². The van der Waals surface area contributed by atoms with Gasteiger partial charge in [-0.2, -0.15) is 0 Å². The second-order valence-corrected chi connectivity index (χ2v) is 4.09. The van der Waals surface area contributed by atoms with Crippen LogP contribution >= 0.6 is 0 Å². The van der Waals surface area contributed by atoms with Crippen molar-refractivity contribution in [2.24, 2.45) is 0 Å². The first-order valence-corrected chi connectivity index (χ1v) is 5.54. The molecule has 0 spiro atoms. The second-order valence-electron chi connectivity index (χ2n) is 4.09. The zero-order valence-corrected chi connectivity index (χ0v) is 9.99. The van der Waals surface area contributed by atoms with Gasteiger partial charge in [0.1, 0.15) is 0 Å². The number of benzene rings is 1. The molecule has 0 fully saturated rings. The van der Waals surface area contributed by atoms with E-state index in [0.717, 1.165) is 17.7 Å². The summed E-state index contributed by atoms with van der Waals surface area (Å²) >= 11 is 0. The highest BCUT2D eigenvalue weighted by Gasteiger charge is 2.16. The van der Waals surface area contributed by atoms with Crippen LogP contribution < -0.4 is 5.32 Å². The van der Waals surface area contributed by atoms with E-state index in [1.807, 2.05) is 32.9 Å². The fourth-order valence-corrected chi connectivity index (χ4v) is 1.61. The first-order chi connectivity index (χ1) is 7.56. The van der Waals surface area contributed by atoms with Gasteiger partial charge in [-0.25, -0.2) is 0 Å². The minimum Gasteiger partial charge on any atom is -0.313 e. The van der Waals surface area contributed by atoms with Gasteiger partial charge in [-0.3, -0.25) is 10.1 Å². The lowest BCUT2D eigenvalue weighted by Gasteiger charge is -2.08. The maximum atomic E-state index is 10.9. The number of nitro groups is 1. The molecule has 0 atom stereocenters. The third kappa shape index (κ3) is 3.03. The molecule has 88 valence electrons. The van der Waals surface area contributed by atoms with Gasteiger partial charge in [0.15, 0.2) is 0 Å². The minimum absolute atomic E-state index is 0.175. The molecule has 0 bridgehead atoms. The van der Waals surface area contributed by atoms with E-state index in [1.54, 1.807) is 6.07 Å². The van der Waals surface area contributed by atoms with E-state index >= 15 is 0 Å². The number of rotatable bonds is 5. The Labute approximate surface area is 95.8 Å². The molecule has 0 heterocycles. The summed E-state index contributed by atoms with van der Waals surface area (Å²) in [6.07, 6.45) is 0. The Morgan fingerprint density at radius 2 is 2.12 bits per heavy atom. The van der Waals surface area contributed by atoms with Crippen molar-refractivity contribution < 1.29 is 4.92 Å². The van der Waals surface area contributed by atoms with Crippen molar-refractivity contribution in [2.45, 2.75) is 33.2 Å². The van der Waals surface area contributed by atoms with E-state index in [2.05, 4.69) is 5.32 Å². The quantitative estimate of drug-likeness (QED) is 0.615. The van der Waals surface area contributed by atoms with Crippen molar-refractivity contribution in [1.82, 2.24) is 5.32 Å². The lowest BCUT2D eigenvalue weighted by molar-refractivity contribution is -0.385. The van der Waals surface area contributed by atoms with Gasteiger partial charge in [-0.1, -0.05) is 32.9 Å². The lowest BCUT2D eigenvalue weighted by Crippen LogP contribution is -2.12. The van der Waals surface area contributed by atoms with Gasteiger partial charge >= 0.3 is 0 Å². The van der Waals surface area contributed by atoms with E-state index in [0.29, 0.717) is 6.54 Å². The summed E-state index contributed by atoms with van der Waals surface area (Å²) in [5.74, 6) is 0.175. The third-order valence-electron chi connectivity index (χ3n) is 2.49. The molecule has 0 aliphatic heterocycles. The van der Waals surface area contributed by atoms with Gasteiger partial charge in [-0.05, 0) is 18.0 Å². The molecule has 0 aliphatic rings. The van der Waals surface area contributed by atoms with Gasteiger partial charge < -0.3 is 5.32 Å². The number of hydrogen-bond acceptors (Lipinski definition) is 3. The zero-order valence-electron chi connectivity index (χ0n) is 9.99. The number of nitro benzene ring substituents is 1. The molecule has 0 aromatic heterocycles. The Hall–Kier alpha value is -1.42. The predicted molar refractivity (Wildman–Crippen MR) is 64.6 cm³/mol. The fraction of sp³-hybridized carbons (Fsp3) is 0.500. The molecule has 4 nitrogen and oxygen atoms in total. The smallest absolute Gasteiger partial charge is 0.273 e. The highest BCUT2D eigenvalue weighted by molar-refractivity contribution is 5.45. The van der Waals surface area contributed by atoms with Crippen molar-refractivity contribution in [3.05, 3.63) is 39.4 Å². The van der Waals surface area contributed by atoms with Crippen LogP contribution in [0.3, 0.4) is 0 Å². The van der Waals surface area contributed by atoms with E-state index < -0.39 is 0 Å². The first-order valence-electron chi connectivity index (χ1n) is 5.54. The van der Waals surface area contributed by atoms with Crippen LogP contribution in [0.5, 0.6) is 0 Å². The van der Waals surface area contributed by atoms with Gasteiger partial charge in [-0.15, -0.1) is 0 Å². The Bertz CT molecular complexity index is 375. The Morgan fingerprint density at radius 1 is 1.44 bits per heavy atom. The van der Waals surface area contributed by atoms with Crippen molar-refractivity contribution in [3.63, 3.8) is 0 Å². The lowest BCUT2D eigenvalue weighted by atomic mass is 9.99. The Kier molecular flexibility index (Phi) is 4.43. The van der Waals surface area contributed by atoms with Crippen LogP contribution in [-0.4, -0.2) is 11.5 Å². The van der Waals surface area contributed by atoms with Crippen molar-refractivity contribution in [2.75, 3.05) is 6.54 Å². The predicted octanol–water partition coefficient (Wildman–Crippen LogP) is 2.83. The molecule has 0 radical (unpaired) electrons. The molecule has 0 aliphatic carbocycles. The van der Waals surface area contributed by atoms with Gasteiger partial charge in [0.05, 0.1) is 4.92 Å². The summed E-state index contributed by atoms with van der Waals surface area (Å²) in [4.78, 5) is 10.6. The second kappa shape index (κ2) is 5.61. The summed E-state index contributed by atoms with van der Waals surface area (Å²) in [6.45, 7) is 7.48. The van der Waals surface area contributed by atoms with Crippen LogP contribution in [0.25, 0.3) is 0 Å². The normalized spacial score (nSPS) is 10.8. The molecular formula is C12H18N2O2. The molecule has 4 heteroatoms. The average Bonchev–Trinajstić information content (AvgIpc) is 2.25. The largest absolute Gasteiger partial charge is 0.313 e. The Morgan fingerprint density at radius 3 is 2.62 bits per heavy atom. The molecule has 0 unspecified atom stereocenters. The van der Waals surface area contributed by atoms with Crippen molar-refractivity contribution in [3.8, 4) is 0 Å². The summed E-state index contributed by atoms with van der Waals surface area (Å²) in [7, 11) is 0. The third-order valence-corrected chi connectivity index (χ3v) is 2.49. The molecule has 0 amide bonds. The summed E-state index contributed by atoms with van der Waals surface area (Å²) in [5, 5.41) is 14.1. The first kappa shape index (κ1) is 12.6. The van der Waals surface area contributed by atoms with Crippen LogP contribution in [-0.2, 0) is 6.54 Å². The van der Waals surface area contributed by atoms with Crippen LogP contribution in [0, 0.1) is 10.1 Å². The van der Waals surface area contributed by atoms with E-state index in [9.17, 15) is 10.1 Å². The fourth-order valence-electron chi connectivity index (χ4n) is 1.61. The molecular weight excluding hydrogens is 204 g/mol. The summed E-state index contributed by atoms with van der Waals surface area (Å²) in [6, 6.07) is 5.47. The van der Waals surface area contributed by atoms with Crippen LogP contribution in [0.2, 0.25) is 0 Å².